The fourth-order valence-electron chi connectivity index (χ4n) is 6.69. The Morgan fingerprint density at radius 3 is 2.66 bits per heavy atom. The van der Waals surface area contributed by atoms with Crippen LogP contribution >= 0.6 is 0 Å². The molecule has 1 fully saturated rings. The lowest BCUT2D eigenvalue weighted by Gasteiger charge is -2.39. The lowest BCUT2D eigenvalue weighted by atomic mass is 9.95. The van der Waals surface area contributed by atoms with Crippen molar-refractivity contribution in [3.8, 4) is 6.01 Å². The first-order chi connectivity index (χ1) is 20.0. The Labute approximate surface area is 238 Å². The van der Waals surface area contributed by atoms with Gasteiger partial charge in [-0.2, -0.15) is 9.97 Å². The number of nitrogens with zero attached hydrogens (tertiary/aromatic N) is 6. The lowest BCUT2D eigenvalue weighted by Crippen LogP contribution is -2.41. The summed E-state index contributed by atoms with van der Waals surface area (Å²) in [5.41, 5.74) is 4.40. The van der Waals surface area contributed by atoms with Gasteiger partial charge in [-0.3, -0.25) is 4.98 Å². The van der Waals surface area contributed by atoms with Crippen molar-refractivity contribution in [1.82, 2.24) is 19.9 Å². The van der Waals surface area contributed by atoms with Crippen LogP contribution in [0.1, 0.15) is 42.1 Å². The van der Waals surface area contributed by atoms with Crippen molar-refractivity contribution in [3.05, 3.63) is 82.8 Å². The Hall–Kier alpha value is -3.85. The second-order valence-electron chi connectivity index (χ2n) is 11.6. The number of hydrogen-bond acceptors (Lipinski definition) is 7. The Bertz CT molecular complexity index is 1610. The van der Waals surface area contributed by atoms with Crippen LogP contribution in [0, 0.1) is 11.6 Å². The maximum absolute atomic E-state index is 15.0. The summed E-state index contributed by atoms with van der Waals surface area (Å²) in [5, 5.41) is 1.50. The molecule has 0 saturated carbocycles. The summed E-state index contributed by atoms with van der Waals surface area (Å²) in [6.07, 6.45) is 6.68. The van der Waals surface area contributed by atoms with Gasteiger partial charge in [-0.15, -0.1) is 0 Å². The van der Waals surface area contributed by atoms with Crippen LogP contribution in [0.15, 0.2) is 48.8 Å². The molecule has 0 radical (unpaired) electrons. The third kappa shape index (κ3) is 4.76. The summed E-state index contributed by atoms with van der Waals surface area (Å²) < 4.78 is 36.1. The molecule has 212 valence electrons. The van der Waals surface area contributed by atoms with E-state index in [1.165, 1.54) is 12.3 Å². The van der Waals surface area contributed by atoms with E-state index < -0.39 is 0 Å². The van der Waals surface area contributed by atoms with E-state index in [0.717, 1.165) is 53.1 Å². The number of ether oxygens (including phenoxy) is 1. The molecule has 1 saturated heterocycles. The molecule has 9 heteroatoms. The van der Waals surface area contributed by atoms with Gasteiger partial charge in [-0.05, 0) is 69.3 Å². The SMILES string of the molecule is C[C@H]1Cc2cncc(F)c2CN1c1nc(OC[C@@H]2CCCN2C)nc2c1CCN(c1cccc3cccc(F)c13)C2. The van der Waals surface area contributed by atoms with Gasteiger partial charge in [0.2, 0.25) is 0 Å². The molecule has 2 atom stereocenters. The molecule has 4 aromatic rings. The first-order valence-electron chi connectivity index (χ1n) is 14.5. The highest BCUT2D eigenvalue weighted by atomic mass is 19.1. The van der Waals surface area contributed by atoms with Gasteiger partial charge >= 0.3 is 6.01 Å². The smallest absolute Gasteiger partial charge is 0.318 e. The van der Waals surface area contributed by atoms with Gasteiger partial charge in [0, 0.05) is 53.6 Å². The zero-order valence-electron chi connectivity index (χ0n) is 23.5. The summed E-state index contributed by atoms with van der Waals surface area (Å²) >= 11 is 0. The highest BCUT2D eigenvalue weighted by molar-refractivity contribution is 5.95. The van der Waals surface area contributed by atoms with E-state index in [1.54, 1.807) is 12.3 Å². The van der Waals surface area contributed by atoms with Gasteiger partial charge in [0.15, 0.2) is 0 Å². The molecule has 5 heterocycles. The monoisotopic (exact) mass is 556 g/mol. The molecule has 0 bridgehead atoms. The Morgan fingerprint density at radius 2 is 1.83 bits per heavy atom. The average molecular weight is 557 g/mol. The predicted octanol–water partition coefficient (Wildman–Crippen LogP) is 5.29. The first kappa shape index (κ1) is 26.1. The van der Waals surface area contributed by atoms with Crippen molar-refractivity contribution in [1.29, 1.82) is 0 Å². The topological polar surface area (TPSA) is 57.6 Å². The molecule has 7 rings (SSSR count). The van der Waals surface area contributed by atoms with E-state index in [2.05, 4.69) is 33.7 Å². The standard InChI is InChI=1S/C32H34F2N6O/c1-20-14-22-15-35-16-27(34)25(22)17-40(20)31-24-11-13-39(29-10-4-7-21-6-3-9-26(33)30(21)29)18-28(24)36-32(37-31)41-19-23-8-5-12-38(23)2/h3-4,6-7,9-10,15-16,20,23H,5,8,11-14,17-19H2,1-2H3/t20-,23-/m0/s1. The number of fused-ring (bicyclic) bond motifs is 3. The van der Waals surface area contributed by atoms with Gasteiger partial charge in [-0.25, -0.2) is 8.78 Å². The molecule has 7 nitrogen and oxygen atoms in total. The molecule has 0 spiro atoms. The van der Waals surface area contributed by atoms with E-state index in [-0.39, 0.29) is 17.7 Å². The fraction of sp³-hybridized carbons (Fsp3) is 0.406. The van der Waals surface area contributed by atoms with Crippen LogP contribution < -0.4 is 14.5 Å². The van der Waals surface area contributed by atoms with E-state index >= 15 is 4.39 Å². The minimum atomic E-state index is -0.285. The van der Waals surface area contributed by atoms with Gasteiger partial charge < -0.3 is 19.4 Å². The average Bonchev–Trinajstić information content (AvgIpc) is 3.39. The largest absolute Gasteiger partial charge is 0.462 e. The molecule has 2 aromatic carbocycles. The van der Waals surface area contributed by atoms with Crippen molar-refractivity contribution >= 4 is 22.3 Å². The third-order valence-corrected chi connectivity index (χ3v) is 9.01. The zero-order valence-corrected chi connectivity index (χ0v) is 23.5. The van der Waals surface area contributed by atoms with Crippen molar-refractivity contribution in [2.75, 3.05) is 36.5 Å². The highest BCUT2D eigenvalue weighted by Crippen LogP contribution is 2.37. The zero-order chi connectivity index (χ0) is 28.1. The van der Waals surface area contributed by atoms with E-state index in [4.69, 9.17) is 14.7 Å². The van der Waals surface area contributed by atoms with Crippen molar-refractivity contribution in [3.63, 3.8) is 0 Å². The molecular weight excluding hydrogens is 522 g/mol. The van der Waals surface area contributed by atoms with E-state index in [1.807, 2.05) is 24.3 Å². The molecule has 3 aliphatic heterocycles. The van der Waals surface area contributed by atoms with Crippen molar-refractivity contribution in [2.24, 2.45) is 0 Å². The molecule has 0 aliphatic carbocycles. The number of pyridine rings is 1. The Kier molecular flexibility index (Phi) is 6.69. The van der Waals surface area contributed by atoms with Crippen LogP contribution in [-0.2, 0) is 25.9 Å². The molecular formula is C32H34F2N6O. The number of likely N-dealkylation sites (tertiary alicyclic amines) is 1. The minimum Gasteiger partial charge on any atom is -0.462 e. The molecule has 41 heavy (non-hydrogen) atoms. The van der Waals surface area contributed by atoms with Crippen molar-refractivity contribution < 1.29 is 13.5 Å². The third-order valence-electron chi connectivity index (χ3n) is 9.01. The van der Waals surface area contributed by atoms with E-state index in [0.29, 0.717) is 62.1 Å². The van der Waals surface area contributed by atoms with Gasteiger partial charge in [-0.1, -0.05) is 24.3 Å². The number of rotatable bonds is 5. The van der Waals surface area contributed by atoms with Crippen LogP contribution in [0.4, 0.5) is 20.3 Å². The van der Waals surface area contributed by atoms with Gasteiger partial charge in [0.25, 0.3) is 0 Å². The molecule has 2 aromatic heterocycles. The summed E-state index contributed by atoms with van der Waals surface area (Å²) in [7, 11) is 2.12. The number of halogens is 2. The highest BCUT2D eigenvalue weighted by Gasteiger charge is 2.32. The number of anilines is 2. The summed E-state index contributed by atoms with van der Waals surface area (Å²) in [5.74, 6) is 0.296. The second-order valence-corrected chi connectivity index (χ2v) is 11.6. The second kappa shape index (κ2) is 10.5. The quantitative estimate of drug-likeness (QED) is 0.331. The summed E-state index contributed by atoms with van der Waals surface area (Å²) in [6, 6.07) is 11.9. The van der Waals surface area contributed by atoms with Crippen LogP contribution in [-0.4, -0.2) is 58.7 Å². The molecule has 0 N–H and O–H groups in total. The minimum absolute atomic E-state index is 0.101. The van der Waals surface area contributed by atoms with Crippen LogP contribution in [0.5, 0.6) is 6.01 Å². The maximum Gasteiger partial charge on any atom is 0.318 e. The van der Waals surface area contributed by atoms with Crippen LogP contribution in [0.25, 0.3) is 10.8 Å². The van der Waals surface area contributed by atoms with Crippen LogP contribution in [0.3, 0.4) is 0 Å². The summed E-state index contributed by atoms with van der Waals surface area (Å²) in [6.45, 7) is 5.34. The lowest BCUT2D eigenvalue weighted by molar-refractivity contribution is 0.187. The Morgan fingerprint density at radius 1 is 0.976 bits per heavy atom. The number of benzene rings is 2. The predicted molar refractivity (Wildman–Crippen MR) is 155 cm³/mol. The normalized spacial score (nSPS) is 20.8. The van der Waals surface area contributed by atoms with E-state index in [9.17, 15) is 4.39 Å². The van der Waals surface area contributed by atoms with Crippen molar-refractivity contribution in [2.45, 2.75) is 57.8 Å². The van der Waals surface area contributed by atoms with Gasteiger partial charge in [0.05, 0.1) is 18.4 Å². The first-order valence-corrected chi connectivity index (χ1v) is 14.5. The molecule has 3 aliphatic rings. The molecule has 0 amide bonds. The molecule has 0 unspecified atom stereocenters. The number of aromatic nitrogens is 3. The number of hydrogen-bond donors (Lipinski definition) is 0. The Balaban J connectivity index is 1.27. The van der Waals surface area contributed by atoms with Gasteiger partial charge in [0.1, 0.15) is 24.1 Å². The maximum atomic E-state index is 15.0. The summed E-state index contributed by atoms with van der Waals surface area (Å²) in [4.78, 5) is 20.7. The number of likely N-dealkylation sites (N-methyl/N-ethyl adjacent to an activating group) is 1. The van der Waals surface area contributed by atoms with Crippen LogP contribution in [0.2, 0.25) is 0 Å². The fourth-order valence-corrected chi connectivity index (χ4v) is 6.69.